The lowest BCUT2D eigenvalue weighted by Gasteiger charge is -2.38. The van der Waals surface area contributed by atoms with Gasteiger partial charge >= 0.3 is 0 Å². The van der Waals surface area contributed by atoms with Crippen molar-refractivity contribution in [3.8, 4) is 17.5 Å². The van der Waals surface area contributed by atoms with Gasteiger partial charge in [-0.2, -0.15) is 5.26 Å². The van der Waals surface area contributed by atoms with Crippen LogP contribution in [0.4, 0.5) is 0 Å². The van der Waals surface area contributed by atoms with Crippen LogP contribution in [0.15, 0.2) is 0 Å². The maximum absolute atomic E-state index is 8.94. The Kier molecular flexibility index (Phi) is 6.55. The van der Waals surface area contributed by atoms with Crippen LogP contribution in [0.2, 0.25) is 37.8 Å². The first-order valence-corrected chi connectivity index (χ1v) is 13.3. The summed E-state index contributed by atoms with van der Waals surface area (Å²) >= 11 is 0. The highest BCUT2D eigenvalue weighted by atomic mass is 28.4. The molecule has 0 aliphatic carbocycles. The van der Waals surface area contributed by atoms with E-state index in [9.17, 15) is 0 Å². The lowest BCUT2D eigenvalue weighted by Crippen LogP contribution is -2.43. The molecule has 1 atom stereocenters. The van der Waals surface area contributed by atoms with Crippen molar-refractivity contribution >= 4 is 16.4 Å². The van der Waals surface area contributed by atoms with Crippen LogP contribution in [0, 0.1) is 22.8 Å². The quantitative estimate of drug-likeness (QED) is 0.562. The van der Waals surface area contributed by atoms with Crippen LogP contribution < -0.4 is 0 Å². The van der Waals surface area contributed by atoms with Crippen molar-refractivity contribution < 1.29 is 4.43 Å². The van der Waals surface area contributed by atoms with E-state index in [1.165, 1.54) is 0 Å². The van der Waals surface area contributed by atoms with E-state index in [0.29, 0.717) is 12.8 Å². The molecular formula is C15H29NOSi2. The molecule has 0 radical (unpaired) electrons. The fourth-order valence-corrected chi connectivity index (χ4v) is 3.27. The molecule has 0 bridgehead atoms. The molecule has 0 heterocycles. The van der Waals surface area contributed by atoms with E-state index < -0.39 is 16.4 Å². The van der Waals surface area contributed by atoms with Gasteiger partial charge in [0.2, 0.25) is 0 Å². The van der Waals surface area contributed by atoms with Gasteiger partial charge in [0, 0.05) is 6.42 Å². The van der Waals surface area contributed by atoms with E-state index in [4.69, 9.17) is 9.69 Å². The molecule has 0 saturated heterocycles. The fraction of sp³-hybridized carbons (Fsp3) is 0.800. The van der Waals surface area contributed by atoms with Gasteiger partial charge in [-0.25, -0.2) is 0 Å². The molecular weight excluding hydrogens is 266 g/mol. The summed E-state index contributed by atoms with van der Waals surface area (Å²) in [5.74, 6) is 3.24. The standard InChI is InChI=1S/C15H29NOSi2/c1-15(2,3)19(7,8)17-14(11-12-16)10-9-13-18(4,5)6/h14H,10-11H2,1-8H3. The summed E-state index contributed by atoms with van der Waals surface area (Å²) in [6.45, 7) is 17.8. The first-order valence-electron chi connectivity index (χ1n) is 6.94. The Labute approximate surface area is 121 Å². The van der Waals surface area contributed by atoms with Crippen LogP contribution in [0.3, 0.4) is 0 Å². The molecule has 108 valence electrons. The van der Waals surface area contributed by atoms with Crippen molar-refractivity contribution in [2.75, 3.05) is 0 Å². The molecule has 4 heteroatoms. The fourth-order valence-electron chi connectivity index (χ4n) is 1.28. The van der Waals surface area contributed by atoms with Crippen molar-refractivity contribution in [2.45, 2.75) is 77.5 Å². The summed E-state index contributed by atoms with van der Waals surface area (Å²) in [5.41, 5.74) is 3.35. The Morgan fingerprint density at radius 2 is 1.58 bits per heavy atom. The topological polar surface area (TPSA) is 33.0 Å². The van der Waals surface area contributed by atoms with Crippen LogP contribution in [-0.4, -0.2) is 22.5 Å². The van der Waals surface area contributed by atoms with Gasteiger partial charge in [-0.3, -0.25) is 0 Å². The summed E-state index contributed by atoms with van der Waals surface area (Å²) < 4.78 is 6.29. The van der Waals surface area contributed by atoms with Crippen LogP contribution in [0.25, 0.3) is 0 Å². The largest absolute Gasteiger partial charge is 0.412 e. The van der Waals surface area contributed by atoms with Gasteiger partial charge in [0.15, 0.2) is 8.32 Å². The van der Waals surface area contributed by atoms with Crippen LogP contribution >= 0.6 is 0 Å². The molecule has 0 aromatic rings. The molecule has 2 nitrogen and oxygen atoms in total. The smallest absolute Gasteiger partial charge is 0.192 e. The minimum absolute atomic E-state index is 0.0326. The molecule has 0 aromatic carbocycles. The van der Waals surface area contributed by atoms with Crippen molar-refractivity contribution in [2.24, 2.45) is 0 Å². The highest BCUT2D eigenvalue weighted by Gasteiger charge is 2.38. The summed E-state index contributed by atoms with van der Waals surface area (Å²) in [5, 5.41) is 9.11. The highest BCUT2D eigenvalue weighted by Crippen LogP contribution is 2.37. The van der Waals surface area contributed by atoms with Crippen LogP contribution in [0.1, 0.15) is 33.6 Å². The Hall–Kier alpha value is -0.556. The summed E-state index contributed by atoms with van der Waals surface area (Å²) in [7, 11) is -3.14. The lowest BCUT2D eigenvalue weighted by molar-refractivity contribution is 0.190. The molecule has 0 aromatic heterocycles. The Morgan fingerprint density at radius 3 is 1.95 bits per heavy atom. The van der Waals surface area contributed by atoms with Gasteiger partial charge in [-0.1, -0.05) is 40.4 Å². The third-order valence-electron chi connectivity index (χ3n) is 3.38. The monoisotopic (exact) mass is 295 g/mol. The summed E-state index contributed by atoms with van der Waals surface area (Å²) in [6, 6.07) is 2.23. The number of nitrogens with zero attached hydrogens (tertiary/aromatic N) is 1. The van der Waals surface area contributed by atoms with E-state index in [0.717, 1.165) is 0 Å². The molecule has 0 rings (SSSR count). The van der Waals surface area contributed by atoms with Crippen molar-refractivity contribution in [1.29, 1.82) is 5.26 Å². The van der Waals surface area contributed by atoms with Crippen LogP contribution in [0.5, 0.6) is 0 Å². The summed E-state index contributed by atoms with van der Waals surface area (Å²) in [6.07, 6.45) is 1.09. The SMILES string of the molecule is CC(C)(C)[Si](C)(C)OC(CC#N)CC#C[Si](C)(C)C. The minimum Gasteiger partial charge on any atom is -0.412 e. The molecule has 0 fully saturated rings. The van der Waals surface area contributed by atoms with Gasteiger partial charge in [0.25, 0.3) is 0 Å². The average Bonchev–Trinajstić information content (AvgIpc) is 2.13. The zero-order chi connectivity index (χ0) is 15.3. The molecule has 19 heavy (non-hydrogen) atoms. The zero-order valence-electron chi connectivity index (χ0n) is 13.8. The summed E-state index contributed by atoms with van der Waals surface area (Å²) in [4.78, 5) is 0. The molecule has 0 spiro atoms. The second-order valence-corrected chi connectivity index (χ2v) is 17.1. The first-order chi connectivity index (χ1) is 8.39. The number of rotatable bonds is 4. The average molecular weight is 296 g/mol. The third kappa shape index (κ3) is 7.57. The van der Waals surface area contributed by atoms with Gasteiger partial charge < -0.3 is 4.43 Å². The van der Waals surface area contributed by atoms with E-state index in [-0.39, 0.29) is 11.1 Å². The predicted octanol–water partition coefficient (Wildman–Crippen LogP) is 4.56. The lowest BCUT2D eigenvalue weighted by atomic mass is 10.2. The van der Waals surface area contributed by atoms with E-state index >= 15 is 0 Å². The Balaban J connectivity index is 4.77. The molecule has 0 saturated carbocycles. The normalized spacial score (nSPS) is 14.3. The molecule has 0 aliphatic rings. The Bertz CT molecular complexity index is 386. The predicted molar refractivity (Wildman–Crippen MR) is 88.0 cm³/mol. The number of hydrogen-bond donors (Lipinski definition) is 0. The molecule has 0 N–H and O–H groups in total. The van der Waals surface area contributed by atoms with Crippen molar-refractivity contribution in [1.82, 2.24) is 0 Å². The van der Waals surface area contributed by atoms with Gasteiger partial charge in [-0.05, 0) is 18.1 Å². The van der Waals surface area contributed by atoms with Crippen molar-refractivity contribution in [3.63, 3.8) is 0 Å². The number of nitriles is 1. The van der Waals surface area contributed by atoms with Gasteiger partial charge in [0.05, 0.1) is 18.6 Å². The number of hydrogen-bond acceptors (Lipinski definition) is 2. The first kappa shape index (κ1) is 18.4. The van der Waals surface area contributed by atoms with Crippen LogP contribution in [-0.2, 0) is 4.43 Å². The van der Waals surface area contributed by atoms with Gasteiger partial charge in [-0.15, -0.1) is 11.5 Å². The molecule has 0 aliphatic heterocycles. The second-order valence-electron chi connectivity index (χ2n) is 7.62. The van der Waals surface area contributed by atoms with E-state index in [2.05, 4.69) is 71.0 Å². The zero-order valence-corrected chi connectivity index (χ0v) is 15.8. The second kappa shape index (κ2) is 6.75. The molecule has 1 unspecified atom stereocenters. The highest BCUT2D eigenvalue weighted by molar-refractivity contribution is 6.83. The maximum Gasteiger partial charge on any atom is 0.192 e. The Morgan fingerprint density at radius 1 is 1.05 bits per heavy atom. The van der Waals surface area contributed by atoms with Crippen molar-refractivity contribution in [3.05, 3.63) is 0 Å². The van der Waals surface area contributed by atoms with E-state index in [1.807, 2.05) is 0 Å². The van der Waals surface area contributed by atoms with Gasteiger partial charge in [0.1, 0.15) is 8.07 Å². The third-order valence-corrected chi connectivity index (χ3v) is 8.84. The molecule has 0 amide bonds. The van der Waals surface area contributed by atoms with E-state index in [1.54, 1.807) is 0 Å². The minimum atomic E-state index is -1.81. The maximum atomic E-state index is 8.94.